The second-order valence-corrected chi connectivity index (χ2v) is 5.75. The van der Waals surface area contributed by atoms with Crippen molar-refractivity contribution in [1.29, 1.82) is 0 Å². The highest BCUT2D eigenvalue weighted by Gasteiger charge is 2.10. The van der Waals surface area contributed by atoms with Gasteiger partial charge in [-0.2, -0.15) is 10.2 Å². The van der Waals surface area contributed by atoms with Crippen molar-refractivity contribution >= 4 is 22.4 Å². The fourth-order valence-electron chi connectivity index (χ4n) is 2.52. The van der Waals surface area contributed by atoms with E-state index >= 15 is 0 Å². The maximum Gasteiger partial charge on any atom is 0.276 e. The lowest BCUT2D eigenvalue weighted by atomic mass is 10.2. The fourth-order valence-corrected chi connectivity index (χ4v) is 2.52. The Labute approximate surface area is 149 Å². The Kier molecular flexibility index (Phi) is 4.03. The molecule has 0 aliphatic carbocycles. The first-order valence-electron chi connectivity index (χ1n) is 8.01. The molecule has 0 spiro atoms. The van der Waals surface area contributed by atoms with Crippen LogP contribution in [-0.2, 0) is 0 Å². The lowest BCUT2D eigenvalue weighted by Crippen LogP contribution is -2.12. The monoisotopic (exact) mass is 345 g/mol. The number of ether oxygens (including phenoxy) is 1. The number of rotatable bonds is 4. The summed E-state index contributed by atoms with van der Waals surface area (Å²) in [4.78, 5) is 12.1. The topological polar surface area (TPSA) is 92.8 Å². The maximum absolute atomic E-state index is 12.1. The number of anilines is 1. The normalized spacial score (nSPS) is 10.7. The van der Waals surface area contributed by atoms with Crippen LogP contribution in [0.15, 0.2) is 60.8 Å². The number of aromatic amines is 1. The molecule has 0 saturated heterocycles. The Hall–Kier alpha value is -3.74. The number of carbonyl (C=O) groups excluding carboxylic acids is 1. The molecule has 0 aliphatic heterocycles. The summed E-state index contributed by atoms with van der Waals surface area (Å²) in [5.74, 6) is 0.763. The zero-order chi connectivity index (χ0) is 17.9. The van der Waals surface area contributed by atoms with Crippen molar-refractivity contribution < 1.29 is 9.53 Å². The number of H-pyrrole nitrogens is 1. The predicted molar refractivity (Wildman–Crippen MR) is 97.3 cm³/mol. The average Bonchev–Trinajstić information content (AvgIpc) is 3.10. The Balaban J connectivity index is 1.50. The Bertz CT molecular complexity index is 1070. The van der Waals surface area contributed by atoms with Gasteiger partial charge in [-0.25, -0.2) is 0 Å². The van der Waals surface area contributed by atoms with Gasteiger partial charge in [0.25, 0.3) is 5.91 Å². The molecule has 2 aromatic carbocycles. The van der Waals surface area contributed by atoms with Crippen molar-refractivity contribution in [3.05, 3.63) is 72.2 Å². The van der Waals surface area contributed by atoms with Gasteiger partial charge in [-0.15, -0.1) is 5.10 Å². The summed E-state index contributed by atoms with van der Waals surface area (Å²) in [6.45, 7) is 1.84. The predicted octanol–water partition coefficient (Wildman–Crippen LogP) is 3.71. The summed E-state index contributed by atoms with van der Waals surface area (Å²) >= 11 is 0. The molecule has 4 aromatic rings. The van der Waals surface area contributed by atoms with Gasteiger partial charge in [0, 0.05) is 22.2 Å². The lowest BCUT2D eigenvalue weighted by molar-refractivity contribution is 0.102. The molecular formula is C19H15N5O2. The molecule has 0 bridgehead atoms. The van der Waals surface area contributed by atoms with E-state index in [4.69, 9.17) is 4.74 Å². The summed E-state index contributed by atoms with van der Waals surface area (Å²) in [7, 11) is 0. The average molecular weight is 345 g/mol. The first-order chi connectivity index (χ1) is 12.7. The van der Waals surface area contributed by atoms with Crippen LogP contribution in [0.1, 0.15) is 16.2 Å². The first kappa shape index (κ1) is 15.8. The summed E-state index contributed by atoms with van der Waals surface area (Å²) < 4.78 is 5.84. The third-order valence-corrected chi connectivity index (χ3v) is 3.80. The number of aromatic nitrogens is 4. The van der Waals surface area contributed by atoms with E-state index in [2.05, 4.69) is 25.7 Å². The van der Waals surface area contributed by atoms with Gasteiger partial charge in [-0.3, -0.25) is 9.89 Å². The molecule has 2 aromatic heterocycles. The molecule has 7 heteroatoms. The summed E-state index contributed by atoms with van der Waals surface area (Å²) in [6.07, 6.45) is 1.69. The van der Waals surface area contributed by atoms with Gasteiger partial charge in [0.1, 0.15) is 5.75 Å². The molecule has 0 atom stereocenters. The molecule has 0 fully saturated rings. The standard InChI is InChI=1S/C19H15N5O2/c1-12-10-17(23-22-12)18(25)21-14-6-8-15(9-7-14)26-19-16-5-3-2-4-13(16)11-20-24-19/h2-11H,1H3,(H,21,25)(H,22,23). The number of hydrogen-bond acceptors (Lipinski definition) is 5. The minimum Gasteiger partial charge on any atom is -0.437 e. The highest BCUT2D eigenvalue weighted by Crippen LogP contribution is 2.27. The zero-order valence-corrected chi connectivity index (χ0v) is 13.9. The van der Waals surface area contributed by atoms with Crippen LogP contribution in [0.25, 0.3) is 10.8 Å². The Morgan fingerprint density at radius 3 is 2.69 bits per heavy atom. The molecule has 26 heavy (non-hydrogen) atoms. The van der Waals surface area contributed by atoms with Crippen LogP contribution in [0.3, 0.4) is 0 Å². The summed E-state index contributed by atoms with van der Waals surface area (Å²) in [6, 6.07) is 16.5. The lowest BCUT2D eigenvalue weighted by Gasteiger charge is -2.08. The van der Waals surface area contributed by atoms with E-state index in [1.54, 1.807) is 36.5 Å². The van der Waals surface area contributed by atoms with Gasteiger partial charge in [0.15, 0.2) is 5.69 Å². The van der Waals surface area contributed by atoms with Crippen LogP contribution >= 0.6 is 0 Å². The van der Waals surface area contributed by atoms with Crippen molar-refractivity contribution in [3.63, 3.8) is 0 Å². The van der Waals surface area contributed by atoms with Crippen LogP contribution in [0.5, 0.6) is 11.6 Å². The third kappa shape index (κ3) is 3.23. The summed E-state index contributed by atoms with van der Waals surface area (Å²) in [5.41, 5.74) is 1.82. The van der Waals surface area contributed by atoms with E-state index in [0.29, 0.717) is 23.0 Å². The Morgan fingerprint density at radius 1 is 1.12 bits per heavy atom. The number of hydrogen-bond donors (Lipinski definition) is 2. The molecule has 128 valence electrons. The van der Waals surface area contributed by atoms with Crippen LogP contribution in [0, 0.1) is 6.92 Å². The number of carbonyl (C=O) groups is 1. The molecule has 0 radical (unpaired) electrons. The van der Waals surface area contributed by atoms with E-state index in [9.17, 15) is 4.79 Å². The second kappa shape index (κ2) is 6.64. The third-order valence-electron chi connectivity index (χ3n) is 3.80. The van der Waals surface area contributed by atoms with E-state index < -0.39 is 0 Å². The van der Waals surface area contributed by atoms with Crippen molar-refractivity contribution in [2.24, 2.45) is 0 Å². The molecule has 4 rings (SSSR count). The number of aryl methyl sites for hydroxylation is 1. The van der Waals surface area contributed by atoms with Gasteiger partial charge in [0.2, 0.25) is 5.88 Å². The molecule has 0 aliphatic rings. The number of nitrogens with one attached hydrogen (secondary N) is 2. The Morgan fingerprint density at radius 2 is 1.92 bits per heavy atom. The van der Waals surface area contributed by atoms with Gasteiger partial charge in [-0.05, 0) is 43.3 Å². The van der Waals surface area contributed by atoms with Crippen LogP contribution in [0.4, 0.5) is 5.69 Å². The highest BCUT2D eigenvalue weighted by molar-refractivity contribution is 6.02. The van der Waals surface area contributed by atoms with Crippen molar-refractivity contribution in [2.75, 3.05) is 5.32 Å². The number of amides is 1. The molecule has 2 heterocycles. The van der Waals surface area contributed by atoms with E-state index in [1.165, 1.54) is 0 Å². The van der Waals surface area contributed by atoms with Gasteiger partial charge >= 0.3 is 0 Å². The van der Waals surface area contributed by atoms with Gasteiger partial charge in [-0.1, -0.05) is 18.2 Å². The van der Waals surface area contributed by atoms with Crippen LogP contribution in [-0.4, -0.2) is 26.3 Å². The van der Waals surface area contributed by atoms with Crippen LogP contribution < -0.4 is 10.1 Å². The molecule has 1 amide bonds. The molecule has 0 unspecified atom stereocenters. The van der Waals surface area contributed by atoms with E-state index in [0.717, 1.165) is 16.5 Å². The highest BCUT2D eigenvalue weighted by atomic mass is 16.5. The van der Waals surface area contributed by atoms with Gasteiger partial charge in [0.05, 0.1) is 6.20 Å². The minimum absolute atomic E-state index is 0.275. The molecule has 0 saturated carbocycles. The largest absolute Gasteiger partial charge is 0.437 e. The van der Waals surface area contributed by atoms with Gasteiger partial charge < -0.3 is 10.1 Å². The molecule has 2 N–H and O–H groups in total. The smallest absolute Gasteiger partial charge is 0.276 e. The minimum atomic E-state index is -0.275. The SMILES string of the molecule is Cc1cc(C(=O)Nc2ccc(Oc3nncc4ccccc34)cc2)n[nH]1. The molecular weight excluding hydrogens is 330 g/mol. The van der Waals surface area contributed by atoms with Crippen molar-refractivity contribution in [1.82, 2.24) is 20.4 Å². The number of fused-ring (bicyclic) bond motifs is 1. The number of nitrogens with zero attached hydrogens (tertiary/aromatic N) is 3. The fraction of sp³-hybridized carbons (Fsp3) is 0.0526. The van der Waals surface area contributed by atoms with Crippen molar-refractivity contribution in [3.8, 4) is 11.6 Å². The summed E-state index contributed by atoms with van der Waals surface area (Å²) in [5, 5.41) is 19.3. The van der Waals surface area contributed by atoms with Crippen LogP contribution in [0.2, 0.25) is 0 Å². The van der Waals surface area contributed by atoms with E-state index in [-0.39, 0.29) is 5.91 Å². The number of benzene rings is 2. The first-order valence-corrected chi connectivity index (χ1v) is 8.01. The quantitative estimate of drug-likeness (QED) is 0.588. The molecule has 7 nitrogen and oxygen atoms in total. The van der Waals surface area contributed by atoms with E-state index in [1.807, 2.05) is 31.2 Å². The zero-order valence-electron chi connectivity index (χ0n) is 13.9. The second-order valence-electron chi connectivity index (χ2n) is 5.75. The van der Waals surface area contributed by atoms with Crippen molar-refractivity contribution in [2.45, 2.75) is 6.92 Å². The maximum atomic E-state index is 12.1.